The van der Waals surface area contributed by atoms with Crippen molar-refractivity contribution in [3.63, 3.8) is 0 Å². The Hall–Kier alpha value is 0.0400. The quantitative estimate of drug-likeness (QED) is 0.795. The van der Waals surface area contributed by atoms with Crippen molar-refractivity contribution >= 4 is 27.5 Å². The van der Waals surface area contributed by atoms with Crippen LogP contribution in [0.5, 0.6) is 0 Å². The molecule has 0 radical (unpaired) electrons. The number of hydrogen-bond donors (Lipinski definition) is 0. The molecule has 0 amide bonds. The first-order valence-electron chi connectivity index (χ1n) is 5.44. The van der Waals surface area contributed by atoms with E-state index in [0.717, 1.165) is 18.2 Å². The summed E-state index contributed by atoms with van der Waals surface area (Å²) >= 11 is 5.30. The third kappa shape index (κ3) is 3.00. The minimum Gasteiger partial charge on any atom is -0.224 e. The Morgan fingerprint density at radius 3 is 2.60 bits per heavy atom. The zero-order valence-corrected chi connectivity index (χ0v) is 11.9. The predicted octanol–water partition coefficient (Wildman–Crippen LogP) is 3.55. The summed E-state index contributed by atoms with van der Waals surface area (Å²) < 4.78 is 4.43. The summed E-state index contributed by atoms with van der Waals surface area (Å²) in [6, 6.07) is 0. The van der Waals surface area contributed by atoms with Crippen molar-refractivity contribution in [2.45, 2.75) is 50.3 Å². The average molecular weight is 289 g/mol. The lowest BCUT2D eigenvalue weighted by Crippen LogP contribution is -2.13. The smallest absolute Gasteiger partial charge is 0.147 e. The van der Waals surface area contributed by atoms with Gasteiger partial charge in [-0.3, -0.25) is 0 Å². The molecule has 1 aliphatic carbocycles. The van der Waals surface area contributed by atoms with Crippen LogP contribution < -0.4 is 0 Å². The molecule has 2 rings (SSSR count). The Morgan fingerprint density at radius 2 is 2.13 bits per heavy atom. The fraction of sp³-hybridized carbons (Fsp3) is 0.818. The maximum Gasteiger partial charge on any atom is 0.147 e. The lowest BCUT2D eigenvalue weighted by atomic mass is 9.96. The molecule has 1 aromatic heterocycles. The van der Waals surface area contributed by atoms with E-state index in [1.54, 1.807) is 11.5 Å². The van der Waals surface area contributed by atoms with Crippen LogP contribution in [-0.4, -0.2) is 14.2 Å². The number of nitrogens with zero attached hydrogens (tertiary/aromatic N) is 2. The third-order valence-corrected chi connectivity index (χ3v) is 4.45. The van der Waals surface area contributed by atoms with Gasteiger partial charge in [-0.15, -0.1) is 0 Å². The molecule has 4 heteroatoms. The van der Waals surface area contributed by atoms with Gasteiger partial charge in [-0.2, -0.15) is 4.37 Å². The summed E-state index contributed by atoms with van der Waals surface area (Å²) in [5.74, 6) is 1.87. The molecule has 0 aliphatic heterocycles. The first-order chi connectivity index (χ1) is 6.97. The van der Waals surface area contributed by atoms with Crippen molar-refractivity contribution in [3.05, 3.63) is 10.8 Å². The molecule has 1 aliphatic rings. The van der Waals surface area contributed by atoms with Crippen LogP contribution in [0.2, 0.25) is 0 Å². The van der Waals surface area contributed by atoms with Gasteiger partial charge in [0, 0.05) is 16.7 Å². The monoisotopic (exact) mass is 288 g/mol. The normalized spacial score (nSPS) is 19.2. The van der Waals surface area contributed by atoms with Gasteiger partial charge in [-0.1, -0.05) is 36.7 Å². The Bertz CT molecular complexity index is 339. The molecule has 15 heavy (non-hydrogen) atoms. The first kappa shape index (κ1) is 11.5. The largest absolute Gasteiger partial charge is 0.224 e. The second-order valence-corrected chi connectivity index (χ2v) is 7.33. The summed E-state index contributed by atoms with van der Waals surface area (Å²) in [5, 5.41) is 1.17. The van der Waals surface area contributed by atoms with E-state index in [-0.39, 0.29) is 5.41 Å². The Morgan fingerprint density at radius 1 is 1.47 bits per heavy atom. The number of halogens is 1. The second-order valence-electron chi connectivity index (χ2n) is 5.32. The van der Waals surface area contributed by atoms with Crippen molar-refractivity contribution in [3.8, 4) is 0 Å². The molecule has 0 saturated heterocycles. The van der Waals surface area contributed by atoms with E-state index >= 15 is 0 Å². The van der Waals surface area contributed by atoms with E-state index in [1.165, 1.54) is 17.8 Å². The summed E-state index contributed by atoms with van der Waals surface area (Å²) in [7, 11) is 0. The van der Waals surface area contributed by atoms with Crippen LogP contribution in [0.15, 0.2) is 0 Å². The molecule has 1 atom stereocenters. The highest BCUT2D eigenvalue weighted by molar-refractivity contribution is 9.09. The van der Waals surface area contributed by atoms with Gasteiger partial charge in [0.25, 0.3) is 0 Å². The minimum absolute atomic E-state index is 0.0795. The lowest BCUT2D eigenvalue weighted by molar-refractivity contribution is 0.552. The summed E-state index contributed by atoms with van der Waals surface area (Å²) in [6.45, 7) is 6.47. The molecule has 1 heterocycles. The maximum atomic E-state index is 4.61. The number of aromatic nitrogens is 2. The predicted molar refractivity (Wildman–Crippen MR) is 67.8 cm³/mol. The van der Waals surface area contributed by atoms with Crippen LogP contribution in [0, 0.1) is 5.92 Å². The molecule has 0 N–H and O–H groups in total. The Balaban J connectivity index is 2.00. The molecule has 1 unspecified atom stereocenters. The van der Waals surface area contributed by atoms with E-state index in [2.05, 4.69) is 46.1 Å². The second kappa shape index (κ2) is 4.13. The molecule has 1 fully saturated rings. The van der Waals surface area contributed by atoms with Crippen LogP contribution in [0.25, 0.3) is 0 Å². The standard InChI is InChI=1S/C11H17BrN2S/c1-11(2,3)10-13-9(15-14-10)6-8(12)7-4-5-7/h7-8H,4-6H2,1-3H3. The highest BCUT2D eigenvalue weighted by atomic mass is 79.9. The van der Waals surface area contributed by atoms with E-state index in [4.69, 9.17) is 0 Å². The lowest BCUT2D eigenvalue weighted by Gasteiger charge is -2.12. The van der Waals surface area contributed by atoms with Crippen LogP contribution in [0.4, 0.5) is 0 Å². The average Bonchev–Trinajstić information content (AvgIpc) is 2.86. The zero-order chi connectivity index (χ0) is 11.1. The van der Waals surface area contributed by atoms with Crippen LogP contribution >= 0.6 is 27.5 Å². The Kier molecular flexibility index (Phi) is 3.17. The summed E-state index contributed by atoms with van der Waals surface area (Å²) in [6.07, 6.45) is 3.79. The van der Waals surface area contributed by atoms with Gasteiger partial charge in [0.05, 0.1) is 0 Å². The number of alkyl halides is 1. The first-order valence-corrected chi connectivity index (χ1v) is 7.13. The maximum absolute atomic E-state index is 4.61. The third-order valence-electron chi connectivity index (χ3n) is 2.64. The van der Waals surface area contributed by atoms with Gasteiger partial charge in [0.15, 0.2) is 0 Å². The van der Waals surface area contributed by atoms with Gasteiger partial charge in [-0.25, -0.2) is 4.98 Å². The summed E-state index contributed by atoms with van der Waals surface area (Å²) in [4.78, 5) is 5.22. The van der Waals surface area contributed by atoms with Crippen LogP contribution in [0.3, 0.4) is 0 Å². The fourth-order valence-electron chi connectivity index (χ4n) is 1.43. The van der Waals surface area contributed by atoms with Gasteiger partial charge >= 0.3 is 0 Å². The molecule has 0 bridgehead atoms. The molecule has 84 valence electrons. The zero-order valence-electron chi connectivity index (χ0n) is 9.46. The molecule has 0 aromatic carbocycles. The fourth-order valence-corrected chi connectivity index (χ4v) is 3.37. The molecule has 1 aromatic rings. The van der Waals surface area contributed by atoms with Crippen molar-refractivity contribution in [2.75, 3.05) is 0 Å². The minimum atomic E-state index is 0.0795. The highest BCUT2D eigenvalue weighted by Gasteiger charge is 2.30. The molecule has 1 saturated carbocycles. The van der Waals surface area contributed by atoms with Crippen molar-refractivity contribution in [1.82, 2.24) is 9.36 Å². The van der Waals surface area contributed by atoms with E-state index in [0.29, 0.717) is 4.83 Å². The molecular weight excluding hydrogens is 272 g/mol. The van der Waals surface area contributed by atoms with Crippen LogP contribution in [-0.2, 0) is 11.8 Å². The topological polar surface area (TPSA) is 25.8 Å². The van der Waals surface area contributed by atoms with Gasteiger partial charge in [0.1, 0.15) is 10.8 Å². The SMILES string of the molecule is CC(C)(C)c1nsc(CC(Br)C2CC2)n1. The number of hydrogen-bond acceptors (Lipinski definition) is 3. The van der Waals surface area contributed by atoms with Gasteiger partial charge in [-0.05, 0) is 30.3 Å². The van der Waals surface area contributed by atoms with Crippen LogP contribution in [0.1, 0.15) is 44.4 Å². The van der Waals surface area contributed by atoms with Crippen molar-refractivity contribution in [1.29, 1.82) is 0 Å². The van der Waals surface area contributed by atoms with Crippen molar-refractivity contribution in [2.24, 2.45) is 5.92 Å². The molecule has 2 nitrogen and oxygen atoms in total. The van der Waals surface area contributed by atoms with Crippen molar-refractivity contribution < 1.29 is 0 Å². The van der Waals surface area contributed by atoms with E-state index < -0.39 is 0 Å². The van der Waals surface area contributed by atoms with E-state index in [1.807, 2.05) is 0 Å². The highest BCUT2D eigenvalue weighted by Crippen LogP contribution is 2.38. The van der Waals surface area contributed by atoms with Gasteiger partial charge in [0.2, 0.25) is 0 Å². The number of rotatable bonds is 3. The van der Waals surface area contributed by atoms with E-state index in [9.17, 15) is 0 Å². The Labute approximate surface area is 104 Å². The van der Waals surface area contributed by atoms with Gasteiger partial charge < -0.3 is 0 Å². The molecular formula is C11H17BrN2S. The summed E-state index contributed by atoms with van der Waals surface area (Å²) in [5.41, 5.74) is 0.0795. The molecule has 0 spiro atoms.